The highest BCUT2D eigenvalue weighted by molar-refractivity contribution is 5.73. The molecule has 0 aromatic heterocycles. The van der Waals surface area contributed by atoms with E-state index in [1.807, 2.05) is 30.3 Å². The third kappa shape index (κ3) is 6.89. The number of nitrogens with one attached hydrogen (secondary N) is 2. The van der Waals surface area contributed by atoms with Crippen LogP contribution in [0.5, 0.6) is 0 Å². The Kier molecular flexibility index (Phi) is 8.05. The highest BCUT2D eigenvalue weighted by atomic mass is 16.3. The van der Waals surface area contributed by atoms with Gasteiger partial charge in [0.2, 0.25) is 0 Å². The Labute approximate surface area is 145 Å². The standard InChI is InChI=1S/C19H31N3O2/c1-16(15-22-12-6-3-7-13-22)14-21-19(24)20-11-10-18(23)17-8-4-2-5-9-17/h2,4-5,8-9,16,18,23H,3,6-7,10-15H2,1H3,(H2,20,21,24). The Hall–Kier alpha value is -1.59. The molecule has 2 atom stereocenters. The summed E-state index contributed by atoms with van der Waals surface area (Å²) in [6.45, 7) is 6.74. The van der Waals surface area contributed by atoms with Gasteiger partial charge in [0.05, 0.1) is 6.10 Å². The summed E-state index contributed by atoms with van der Waals surface area (Å²) >= 11 is 0. The van der Waals surface area contributed by atoms with Gasteiger partial charge in [-0.2, -0.15) is 0 Å². The second-order valence-electron chi connectivity index (χ2n) is 6.82. The van der Waals surface area contributed by atoms with Crippen molar-refractivity contribution in [1.82, 2.24) is 15.5 Å². The van der Waals surface area contributed by atoms with Crippen molar-refractivity contribution in [2.24, 2.45) is 5.92 Å². The van der Waals surface area contributed by atoms with Crippen molar-refractivity contribution >= 4 is 6.03 Å². The molecule has 134 valence electrons. The van der Waals surface area contributed by atoms with Crippen LogP contribution in [0.25, 0.3) is 0 Å². The van der Waals surface area contributed by atoms with E-state index in [0.717, 1.165) is 12.1 Å². The van der Waals surface area contributed by atoms with Gasteiger partial charge in [-0.3, -0.25) is 0 Å². The van der Waals surface area contributed by atoms with Crippen LogP contribution in [0, 0.1) is 5.92 Å². The third-order valence-corrected chi connectivity index (χ3v) is 4.52. The number of aliphatic hydroxyl groups is 1. The van der Waals surface area contributed by atoms with Crippen LogP contribution >= 0.6 is 0 Å². The number of carbonyl (C=O) groups excluding carboxylic acids is 1. The Morgan fingerprint density at radius 1 is 1.17 bits per heavy atom. The first-order valence-corrected chi connectivity index (χ1v) is 9.12. The molecule has 1 heterocycles. The van der Waals surface area contributed by atoms with E-state index in [2.05, 4.69) is 22.5 Å². The van der Waals surface area contributed by atoms with E-state index in [1.54, 1.807) is 0 Å². The number of hydrogen-bond donors (Lipinski definition) is 3. The Morgan fingerprint density at radius 2 is 1.88 bits per heavy atom. The molecule has 1 saturated heterocycles. The molecule has 1 aliphatic rings. The molecule has 5 heteroatoms. The van der Waals surface area contributed by atoms with Crippen molar-refractivity contribution in [3.8, 4) is 0 Å². The fourth-order valence-electron chi connectivity index (χ4n) is 3.14. The number of carbonyl (C=O) groups is 1. The predicted molar refractivity (Wildman–Crippen MR) is 96.9 cm³/mol. The largest absolute Gasteiger partial charge is 0.388 e. The molecule has 1 aromatic rings. The van der Waals surface area contributed by atoms with Crippen LogP contribution in [0.2, 0.25) is 0 Å². The molecule has 2 rings (SSSR count). The maximum Gasteiger partial charge on any atom is 0.314 e. The molecule has 1 aromatic carbocycles. The molecule has 0 aliphatic carbocycles. The zero-order valence-corrected chi connectivity index (χ0v) is 14.7. The first kappa shape index (κ1) is 18.7. The summed E-state index contributed by atoms with van der Waals surface area (Å²) in [5.41, 5.74) is 0.884. The zero-order valence-electron chi connectivity index (χ0n) is 14.7. The first-order chi connectivity index (χ1) is 11.6. The Morgan fingerprint density at radius 3 is 2.58 bits per heavy atom. The summed E-state index contributed by atoms with van der Waals surface area (Å²) < 4.78 is 0. The number of rotatable bonds is 8. The molecule has 0 bridgehead atoms. The molecule has 2 unspecified atom stereocenters. The highest BCUT2D eigenvalue weighted by Gasteiger charge is 2.14. The lowest BCUT2D eigenvalue weighted by molar-refractivity contribution is 0.166. The average Bonchev–Trinajstić information content (AvgIpc) is 2.61. The normalized spacial score (nSPS) is 17.9. The minimum absolute atomic E-state index is 0.152. The van der Waals surface area contributed by atoms with Gasteiger partial charge in [-0.15, -0.1) is 0 Å². The van der Waals surface area contributed by atoms with Crippen LogP contribution in [0.1, 0.15) is 44.3 Å². The smallest absolute Gasteiger partial charge is 0.314 e. The monoisotopic (exact) mass is 333 g/mol. The highest BCUT2D eigenvalue weighted by Crippen LogP contribution is 2.14. The van der Waals surface area contributed by atoms with E-state index in [4.69, 9.17) is 0 Å². The van der Waals surface area contributed by atoms with Crippen molar-refractivity contribution in [3.05, 3.63) is 35.9 Å². The van der Waals surface area contributed by atoms with E-state index >= 15 is 0 Å². The molecule has 0 saturated carbocycles. The fourth-order valence-corrected chi connectivity index (χ4v) is 3.14. The molecule has 5 nitrogen and oxygen atoms in total. The summed E-state index contributed by atoms with van der Waals surface area (Å²) in [6, 6.07) is 9.37. The summed E-state index contributed by atoms with van der Waals surface area (Å²) in [5.74, 6) is 0.448. The third-order valence-electron chi connectivity index (χ3n) is 4.52. The van der Waals surface area contributed by atoms with Crippen molar-refractivity contribution in [1.29, 1.82) is 0 Å². The topological polar surface area (TPSA) is 64.6 Å². The van der Waals surface area contributed by atoms with Crippen LogP contribution in [0.4, 0.5) is 4.79 Å². The van der Waals surface area contributed by atoms with Crippen LogP contribution < -0.4 is 10.6 Å². The molecule has 0 radical (unpaired) electrons. The summed E-state index contributed by atoms with van der Waals surface area (Å²) in [7, 11) is 0. The van der Waals surface area contributed by atoms with E-state index in [0.29, 0.717) is 25.4 Å². The fraction of sp³-hybridized carbons (Fsp3) is 0.632. The van der Waals surface area contributed by atoms with E-state index in [9.17, 15) is 9.90 Å². The van der Waals surface area contributed by atoms with Gasteiger partial charge >= 0.3 is 6.03 Å². The Balaban J connectivity index is 1.56. The number of urea groups is 1. The van der Waals surface area contributed by atoms with Crippen LogP contribution in [0.3, 0.4) is 0 Å². The second-order valence-corrected chi connectivity index (χ2v) is 6.82. The quantitative estimate of drug-likeness (QED) is 0.685. The molecule has 2 amide bonds. The Bertz CT molecular complexity index is 475. The van der Waals surface area contributed by atoms with E-state index in [1.165, 1.54) is 32.4 Å². The van der Waals surface area contributed by atoms with Gasteiger partial charge in [-0.05, 0) is 43.8 Å². The lowest BCUT2D eigenvalue weighted by Gasteiger charge is -2.29. The van der Waals surface area contributed by atoms with E-state index < -0.39 is 6.10 Å². The number of benzene rings is 1. The van der Waals surface area contributed by atoms with Gasteiger partial charge in [-0.1, -0.05) is 43.7 Å². The number of nitrogens with zero attached hydrogens (tertiary/aromatic N) is 1. The van der Waals surface area contributed by atoms with Gasteiger partial charge in [0, 0.05) is 19.6 Å². The minimum atomic E-state index is -0.537. The van der Waals surface area contributed by atoms with Crippen LogP contribution in [-0.4, -0.2) is 48.8 Å². The van der Waals surface area contributed by atoms with Crippen LogP contribution in [-0.2, 0) is 0 Å². The summed E-state index contributed by atoms with van der Waals surface area (Å²) in [4.78, 5) is 14.3. The van der Waals surface area contributed by atoms with E-state index in [-0.39, 0.29) is 6.03 Å². The predicted octanol–water partition coefficient (Wildman–Crippen LogP) is 2.53. The molecular weight excluding hydrogens is 302 g/mol. The molecule has 0 spiro atoms. The van der Waals surface area contributed by atoms with Crippen LogP contribution in [0.15, 0.2) is 30.3 Å². The van der Waals surface area contributed by atoms with Crippen molar-refractivity contribution in [2.45, 2.75) is 38.7 Å². The van der Waals surface area contributed by atoms with Crippen molar-refractivity contribution in [3.63, 3.8) is 0 Å². The van der Waals surface area contributed by atoms with Gasteiger partial charge in [0.15, 0.2) is 0 Å². The molecule has 24 heavy (non-hydrogen) atoms. The zero-order chi connectivity index (χ0) is 17.2. The van der Waals surface area contributed by atoms with Gasteiger partial charge in [-0.25, -0.2) is 4.79 Å². The van der Waals surface area contributed by atoms with Crippen molar-refractivity contribution < 1.29 is 9.90 Å². The summed E-state index contributed by atoms with van der Waals surface area (Å²) in [6.07, 6.45) is 3.92. The van der Waals surface area contributed by atoms with Gasteiger partial charge in [0.1, 0.15) is 0 Å². The minimum Gasteiger partial charge on any atom is -0.388 e. The average molecular weight is 333 g/mol. The number of likely N-dealkylation sites (tertiary alicyclic amines) is 1. The molecule has 3 N–H and O–H groups in total. The second kappa shape index (κ2) is 10.3. The number of aliphatic hydroxyl groups excluding tert-OH is 1. The SMILES string of the molecule is CC(CNC(=O)NCCC(O)c1ccccc1)CN1CCCCC1. The number of amides is 2. The molecule has 1 fully saturated rings. The van der Waals surface area contributed by atoms with Gasteiger partial charge < -0.3 is 20.6 Å². The lowest BCUT2D eigenvalue weighted by Crippen LogP contribution is -2.41. The molecular formula is C19H31N3O2. The lowest BCUT2D eigenvalue weighted by atomic mass is 10.1. The number of hydrogen-bond acceptors (Lipinski definition) is 3. The maximum absolute atomic E-state index is 11.8. The maximum atomic E-state index is 11.8. The van der Waals surface area contributed by atoms with Crippen molar-refractivity contribution in [2.75, 3.05) is 32.7 Å². The number of piperidine rings is 1. The van der Waals surface area contributed by atoms with Gasteiger partial charge in [0.25, 0.3) is 0 Å². The molecule has 1 aliphatic heterocycles. The summed E-state index contributed by atoms with van der Waals surface area (Å²) in [5, 5.41) is 15.8. The first-order valence-electron chi connectivity index (χ1n) is 9.12.